The molecule has 22 heavy (non-hydrogen) atoms. The van der Waals surface area contributed by atoms with Crippen LogP contribution in [0, 0.1) is 5.92 Å². The summed E-state index contributed by atoms with van der Waals surface area (Å²) in [4.78, 5) is 27.7. The monoisotopic (exact) mass is 323 g/mol. The van der Waals surface area contributed by atoms with E-state index in [-0.39, 0.29) is 24.3 Å². The molecule has 1 aromatic heterocycles. The summed E-state index contributed by atoms with van der Waals surface area (Å²) in [5.41, 5.74) is 0. The number of nitrogens with one attached hydrogen (secondary N) is 1. The lowest BCUT2D eigenvalue weighted by Crippen LogP contribution is -2.53. The predicted molar refractivity (Wildman–Crippen MR) is 81.6 cm³/mol. The number of hydrogen-bond donors (Lipinski definition) is 1. The molecule has 0 saturated carbocycles. The van der Waals surface area contributed by atoms with E-state index in [1.54, 1.807) is 11.0 Å². The molecule has 1 N–H and O–H groups in total. The Morgan fingerprint density at radius 2 is 2.18 bits per heavy atom. The van der Waals surface area contributed by atoms with Crippen LogP contribution in [0.3, 0.4) is 0 Å². The quantitative estimate of drug-likeness (QED) is 0.847. The van der Waals surface area contributed by atoms with Gasteiger partial charge in [0.2, 0.25) is 11.8 Å². The Labute approximate surface area is 133 Å². The topological polar surface area (TPSA) is 78.4 Å². The molecule has 0 radical (unpaired) electrons. The molecule has 2 fully saturated rings. The normalized spacial score (nSPS) is 22.4. The Bertz CT molecular complexity index is 565. The standard InChI is InChI=1S/C14H18ClN5O2/c15-11-3-4-12(18-17-11)19-6-1-2-10(8-19)14(22)20-7-5-16-13(21)9-20/h3-4,10H,1-2,5-9H2,(H,16,21)/t10-/m1/s1. The average molecular weight is 324 g/mol. The number of aromatic nitrogens is 2. The second-order valence-electron chi connectivity index (χ2n) is 5.61. The lowest BCUT2D eigenvalue weighted by molar-refractivity contribution is -0.141. The molecule has 8 heteroatoms. The first-order valence-corrected chi connectivity index (χ1v) is 7.81. The van der Waals surface area contributed by atoms with Gasteiger partial charge < -0.3 is 15.1 Å². The molecule has 2 aliphatic heterocycles. The van der Waals surface area contributed by atoms with Crippen LogP contribution < -0.4 is 10.2 Å². The number of rotatable bonds is 2. The van der Waals surface area contributed by atoms with Crippen LogP contribution in [0.4, 0.5) is 5.82 Å². The molecule has 3 heterocycles. The van der Waals surface area contributed by atoms with Gasteiger partial charge in [0.05, 0.1) is 12.5 Å². The van der Waals surface area contributed by atoms with Crippen molar-refractivity contribution in [2.45, 2.75) is 12.8 Å². The molecule has 2 amide bonds. The SMILES string of the molecule is O=C1CN(C(=O)[C@@H]2CCCN(c3ccc(Cl)nn3)C2)CCN1. The van der Waals surface area contributed by atoms with Crippen molar-refractivity contribution in [3.8, 4) is 0 Å². The third kappa shape index (κ3) is 3.30. The van der Waals surface area contributed by atoms with Gasteiger partial charge in [-0.15, -0.1) is 10.2 Å². The fourth-order valence-corrected chi connectivity index (χ4v) is 3.05. The number of nitrogens with zero attached hydrogens (tertiary/aromatic N) is 4. The first kappa shape index (κ1) is 15.0. The van der Waals surface area contributed by atoms with E-state index in [1.807, 2.05) is 6.07 Å². The number of amides is 2. The molecule has 0 aliphatic carbocycles. The van der Waals surface area contributed by atoms with Crippen molar-refractivity contribution in [2.24, 2.45) is 5.92 Å². The molecule has 118 valence electrons. The van der Waals surface area contributed by atoms with E-state index in [2.05, 4.69) is 20.4 Å². The second-order valence-corrected chi connectivity index (χ2v) is 6.00. The highest BCUT2D eigenvalue weighted by Crippen LogP contribution is 2.23. The van der Waals surface area contributed by atoms with E-state index >= 15 is 0 Å². The molecule has 0 bridgehead atoms. The van der Waals surface area contributed by atoms with E-state index in [1.165, 1.54) is 0 Å². The number of anilines is 1. The van der Waals surface area contributed by atoms with Crippen LogP contribution in [0.15, 0.2) is 12.1 Å². The van der Waals surface area contributed by atoms with Crippen molar-refractivity contribution in [3.05, 3.63) is 17.3 Å². The molecule has 0 aromatic carbocycles. The smallest absolute Gasteiger partial charge is 0.239 e. The highest BCUT2D eigenvalue weighted by atomic mass is 35.5. The maximum atomic E-state index is 12.6. The summed E-state index contributed by atoms with van der Waals surface area (Å²) in [6.45, 7) is 2.73. The molecule has 0 unspecified atom stereocenters. The van der Waals surface area contributed by atoms with Crippen molar-refractivity contribution in [3.63, 3.8) is 0 Å². The summed E-state index contributed by atoms with van der Waals surface area (Å²) in [5.74, 6) is 0.604. The first-order valence-electron chi connectivity index (χ1n) is 7.43. The van der Waals surface area contributed by atoms with Gasteiger partial charge in [0.15, 0.2) is 11.0 Å². The minimum Gasteiger partial charge on any atom is -0.354 e. The fourth-order valence-electron chi connectivity index (χ4n) is 2.95. The number of carbonyl (C=O) groups is 2. The van der Waals surface area contributed by atoms with E-state index in [0.717, 1.165) is 25.2 Å². The maximum absolute atomic E-state index is 12.6. The van der Waals surface area contributed by atoms with Gasteiger partial charge >= 0.3 is 0 Å². The Balaban J connectivity index is 1.66. The predicted octanol–water partition coefficient (Wildman–Crippen LogP) is 0.305. The summed E-state index contributed by atoms with van der Waals surface area (Å²) < 4.78 is 0. The van der Waals surface area contributed by atoms with E-state index in [4.69, 9.17) is 11.6 Å². The number of piperazine rings is 1. The minimum absolute atomic E-state index is 0.0569. The fraction of sp³-hybridized carbons (Fsp3) is 0.571. The molecule has 1 atom stereocenters. The Hall–Kier alpha value is -1.89. The molecule has 0 spiro atoms. The van der Waals surface area contributed by atoms with Crippen LogP contribution in [-0.2, 0) is 9.59 Å². The first-order chi connectivity index (χ1) is 10.6. The zero-order chi connectivity index (χ0) is 15.5. The third-order valence-electron chi connectivity index (χ3n) is 4.06. The van der Waals surface area contributed by atoms with Gasteiger partial charge in [0, 0.05) is 26.2 Å². The van der Waals surface area contributed by atoms with Gasteiger partial charge in [-0.1, -0.05) is 11.6 Å². The largest absolute Gasteiger partial charge is 0.354 e. The Morgan fingerprint density at radius 3 is 2.91 bits per heavy atom. The summed E-state index contributed by atoms with van der Waals surface area (Å²) >= 11 is 5.75. The van der Waals surface area contributed by atoms with Crippen LogP contribution in [0.1, 0.15) is 12.8 Å². The molecule has 2 aliphatic rings. The van der Waals surface area contributed by atoms with E-state index < -0.39 is 0 Å². The molecule has 1 aromatic rings. The van der Waals surface area contributed by atoms with Crippen molar-refractivity contribution < 1.29 is 9.59 Å². The van der Waals surface area contributed by atoms with Crippen molar-refractivity contribution in [2.75, 3.05) is 37.6 Å². The van der Waals surface area contributed by atoms with Crippen LogP contribution in [-0.4, -0.2) is 59.6 Å². The lowest BCUT2D eigenvalue weighted by atomic mass is 9.96. The van der Waals surface area contributed by atoms with Crippen LogP contribution in [0.25, 0.3) is 0 Å². The number of piperidine rings is 1. The van der Waals surface area contributed by atoms with Gasteiger partial charge in [0.25, 0.3) is 0 Å². The molecular formula is C14H18ClN5O2. The van der Waals surface area contributed by atoms with Gasteiger partial charge in [-0.05, 0) is 25.0 Å². The second kappa shape index (κ2) is 6.48. The number of carbonyl (C=O) groups excluding carboxylic acids is 2. The highest BCUT2D eigenvalue weighted by Gasteiger charge is 2.31. The maximum Gasteiger partial charge on any atom is 0.239 e. The van der Waals surface area contributed by atoms with Crippen LogP contribution in [0.5, 0.6) is 0 Å². The summed E-state index contributed by atoms with van der Waals surface area (Å²) in [7, 11) is 0. The molecule has 2 saturated heterocycles. The van der Waals surface area contributed by atoms with E-state index in [0.29, 0.717) is 24.8 Å². The van der Waals surface area contributed by atoms with Crippen LogP contribution >= 0.6 is 11.6 Å². The average Bonchev–Trinajstić information content (AvgIpc) is 2.55. The highest BCUT2D eigenvalue weighted by molar-refractivity contribution is 6.29. The Morgan fingerprint density at radius 1 is 1.32 bits per heavy atom. The summed E-state index contributed by atoms with van der Waals surface area (Å²) in [6, 6.07) is 3.51. The van der Waals surface area contributed by atoms with Crippen molar-refractivity contribution >= 4 is 29.2 Å². The van der Waals surface area contributed by atoms with Crippen molar-refractivity contribution in [1.29, 1.82) is 0 Å². The zero-order valence-corrected chi connectivity index (χ0v) is 12.9. The third-order valence-corrected chi connectivity index (χ3v) is 4.26. The molecular weight excluding hydrogens is 306 g/mol. The van der Waals surface area contributed by atoms with Gasteiger partial charge in [0.1, 0.15) is 0 Å². The lowest BCUT2D eigenvalue weighted by Gasteiger charge is -2.36. The number of halogens is 1. The summed E-state index contributed by atoms with van der Waals surface area (Å²) in [6.07, 6.45) is 1.76. The van der Waals surface area contributed by atoms with E-state index in [9.17, 15) is 9.59 Å². The Kier molecular flexibility index (Phi) is 4.42. The molecule has 7 nitrogen and oxygen atoms in total. The van der Waals surface area contributed by atoms with Crippen LogP contribution in [0.2, 0.25) is 5.15 Å². The summed E-state index contributed by atoms with van der Waals surface area (Å²) in [5, 5.41) is 11.0. The van der Waals surface area contributed by atoms with Gasteiger partial charge in [-0.2, -0.15) is 0 Å². The van der Waals surface area contributed by atoms with Gasteiger partial charge in [-0.3, -0.25) is 9.59 Å². The zero-order valence-electron chi connectivity index (χ0n) is 12.2. The van der Waals surface area contributed by atoms with Gasteiger partial charge in [-0.25, -0.2) is 0 Å². The molecule has 3 rings (SSSR count). The van der Waals surface area contributed by atoms with Crippen molar-refractivity contribution in [1.82, 2.24) is 20.4 Å². The minimum atomic E-state index is -0.0999. The number of hydrogen-bond acceptors (Lipinski definition) is 5.